The summed E-state index contributed by atoms with van der Waals surface area (Å²) in [6.45, 7) is 5.17. The van der Waals surface area contributed by atoms with Crippen molar-refractivity contribution in [2.75, 3.05) is 6.54 Å². The van der Waals surface area contributed by atoms with Gasteiger partial charge in [0.05, 0.1) is 5.56 Å². The van der Waals surface area contributed by atoms with E-state index in [-0.39, 0.29) is 5.56 Å². The van der Waals surface area contributed by atoms with Crippen LogP contribution in [0.5, 0.6) is 0 Å². The summed E-state index contributed by atoms with van der Waals surface area (Å²) in [5.41, 5.74) is 1.85. The lowest BCUT2D eigenvalue weighted by molar-refractivity contribution is 0.593. The highest BCUT2D eigenvalue weighted by Gasteiger charge is 2.05. The van der Waals surface area contributed by atoms with E-state index in [1.54, 1.807) is 12.1 Å². The zero-order valence-corrected chi connectivity index (χ0v) is 9.55. The first kappa shape index (κ1) is 12.4. The number of hydrogen-bond donors (Lipinski definition) is 1. The van der Waals surface area contributed by atoms with Gasteiger partial charge in [-0.15, -0.1) is 0 Å². The number of benzene rings is 1. The Morgan fingerprint density at radius 3 is 2.88 bits per heavy atom. The minimum absolute atomic E-state index is 0.0986. The molecule has 1 aromatic carbocycles. The molecule has 1 aromatic rings. The van der Waals surface area contributed by atoms with Gasteiger partial charge in [-0.1, -0.05) is 23.8 Å². The fourth-order valence-electron chi connectivity index (χ4n) is 1.29. The molecule has 0 amide bonds. The van der Waals surface area contributed by atoms with Gasteiger partial charge in [-0.2, -0.15) is 5.26 Å². The van der Waals surface area contributed by atoms with Gasteiger partial charge in [0.15, 0.2) is 0 Å². The van der Waals surface area contributed by atoms with Gasteiger partial charge >= 0.3 is 0 Å². The fourth-order valence-corrected chi connectivity index (χ4v) is 1.29. The molecule has 1 N–H and O–H groups in total. The van der Waals surface area contributed by atoms with Crippen molar-refractivity contribution in [3.8, 4) is 6.07 Å². The maximum Gasteiger partial charge on any atom is 0.145 e. The molecule has 0 unspecified atom stereocenters. The molecule has 2 nitrogen and oxygen atoms in total. The molecular weight excluding hydrogens is 203 g/mol. The molecule has 3 heteroatoms. The Morgan fingerprint density at radius 2 is 2.25 bits per heavy atom. The van der Waals surface area contributed by atoms with E-state index in [4.69, 9.17) is 5.26 Å². The normalized spacial score (nSPS) is 9.62. The van der Waals surface area contributed by atoms with Crippen LogP contribution in [-0.2, 0) is 6.54 Å². The molecule has 84 valence electrons. The second kappa shape index (κ2) is 6.04. The quantitative estimate of drug-likeness (QED) is 0.623. The largest absolute Gasteiger partial charge is 0.309 e. The summed E-state index contributed by atoms with van der Waals surface area (Å²) in [6.07, 6.45) is 2.03. The highest BCUT2D eigenvalue weighted by molar-refractivity contribution is 5.34. The van der Waals surface area contributed by atoms with E-state index in [9.17, 15) is 4.39 Å². The Hall–Kier alpha value is -1.66. The van der Waals surface area contributed by atoms with Gasteiger partial charge in [-0.25, -0.2) is 4.39 Å². The monoisotopic (exact) mass is 218 g/mol. The number of nitrogens with one attached hydrogen (secondary N) is 1. The second-order valence-electron chi connectivity index (χ2n) is 3.80. The number of hydrogen-bond acceptors (Lipinski definition) is 2. The first-order chi connectivity index (χ1) is 7.65. The molecule has 16 heavy (non-hydrogen) atoms. The van der Waals surface area contributed by atoms with Crippen LogP contribution in [0.15, 0.2) is 29.8 Å². The van der Waals surface area contributed by atoms with Crippen LogP contribution in [0.3, 0.4) is 0 Å². The molecule has 0 fully saturated rings. The van der Waals surface area contributed by atoms with E-state index in [1.165, 1.54) is 11.6 Å². The number of halogens is 1. The van der Waals surface area contributed by atoms with E-state index < -0.39 is 5.82 Å². The van der Waals surface area contributed by atoms with Gasteiger partial charge in [-0.05, 0) is 19.9 Å². The van der Waals surface area contributed by atoms with Gasteiger partial charge in [0, 0.05) is 18.7 Å². The first-order valence-electron chi connectivity index (χ1n) is 5.16. The molecule has 0 aliphatic heterocycles. The summed E-state index contributed by atoms with van der Waals surface area (Å²) >= 11 is 0. The van der Waals surface area contributed by atoms with Crippen LogP contribution in [0.4, 0.5) is 4.39 Å². The lowest BCUT2D eigenvalue weighted by Crippen LogP contribution is -2.14. The van der Waals surface area contributed by atoms with Gasteiger partial charge in [-0.3, -0.25) is 0 Å². The Bertz CT molecular complexity index is 426. The minimum atomic E-state index is -0.422. The number of nitriles is 1. The summed E-state index contributed by atoms with van der Waals surface area (Å²) in [7, 11) is 0. The molecule has 1 rings (SSSR count). The van der Waals surface area contributed by atoms with Crippen molar-refractivity contribution in [1.29, 1.82) is 5.26 Å². The standard InChI is InChI=1S/C13H15FN2/c1-10(2)6-7-16-9-12-5-3-4-11(8-15)13(12)14/h3-6,16H,7,9H2,1-2H3. The summed E-state index contributed by atoms with van der Waals surface area (Å²) in [6, 6.07) is 6.69. The van der Waals surface area contributed by atoms with Gasteiger partial charge < -0.3 is 5.32 Å². The molecule has 0 aromatic heterocycles. The van der Waals surface area contributed by atoms with Crippen LogP contribution in [0, 0.1) is 17.1 Å². The number of nitrogens with zero attached hydrogens (tertiary/aromatic N) is 1. The highest BCUT2D eigenvalue weighted by atomic mass is 19.1. The topological polar surface area (TPSA) is 35.8 Å². The van der Waals surface area contributed by atoms with Gasteiger partial charge in [0.2, 0.25) is 0 Å². The fraction of sp³-hybridized carbons (Fsp3) is 0.308. The molecular formula is C13H15FN2. The zero-order valence-electron chi connectivity index (χ0n) is 9.55. The van der Waals surface area contributed by atoms with E-state index in [1.807, 2.05) is 26.0 Å². The molecule has 0 radical (unpaired) electrons. The summed E-state index contributed by atoms with van der Waals surface area (Å²) in [5, 5.41) is 11.8. The lowest BCUT2D eigenvalue weighted by Gasteiger charge is -2.04. The molecule has 0 spiro atoms. The molecule has 0 atom stereocenters. The molecule has 0 bridgehead atoms. The Kier molecular flexibility index (Phi) is 4.68. The summed E-state index contributed by atoms with van der Waals surface area (Å²) in [5.74, 6) is -0.422. The van der Waals surface area contributed by atoms with Crippen molar-refractivity contribution in [1.82, 2.24) is 5.32 Å². The maximum atomic E-state index is 13.6. The number of allylic oxidation sites excluding steroid dienone is 1. The third-order valence-electron chi connectivity index (χ3n) is 2.17. The second-order valence-corrected chi connectivity index (χ2v) is 3.80. The van der Waals surface area contributed by atoms with Crippen molar-refractivity contribution in [3.63, 3.8) is 0 Å². The lowest BCUT2D eigenvalue weighted by atomic mass is 10.1. The molecule has 0 aliphatic rings. The Morgan fingerprint density at radius 1 is 1.50 bits per heavy atom. The van der Waals surface area contributed by atoms with Crippen LogP contribution in [0.25, 0.3) is 0 Å². The average Bonchev–Trinajstić information content (AvgIpc) is 2.26. The predicted octanol–water partition coefficient (Wildman–Crippen LogP) is 2.75. The smallest absolute Gasteiger partial charge is 0.145 e. The van der Waals surface area contributed by atoms with Crippen molar-refractivity contribution < 1.29 is 4.39 Å². The van der Waals surface area contributed by atoms with Gasteiger partial charge in [0.25, 0.3) is 0 Å². The SMILES string of the molecule is CC(C)=CCNCc1cccc(C#N)c1F. The summed E-state index contributed by atoms with van der Waals surface area (Å²) in [4.78, 5) is 0. The summed E-state index contributed by atoms with van der Waals surface area (Å²) < 4.78 is 13.6. The van der Waals surface area contributed by atoms with E-state index in [0.717, 1.165) is 0 Å². The molecule has 0 saturated heterocycles. The van der Waals surface area contributed by atoms with E-state index >= 15 is 0 Å². The maximum absolute atomic E-state index is 13.6. The van der Waals surface area contributed by atoms with Gasteiger partial charge in [0.1, 0.15) is 11.9 Å². The van der Waals surface area contributed by atoms with Crippen molar-refractivity contribution in [2.45, 2.75) is 20.4 Å². The van der Waals surface area contributed by atoms with E-state index in [2.05, 4.69) is 5.32 Å². The van der Waals surface area contributed by atoms with Crippen LogP contribution in [0.1, 0.15) is 25.0 Å². The molecule has 0 aliphatic carbocycles. The Balaban J connectivity index is 2.62. The van der Waals surface area contributed by atoms with Crippen molar-refractivity contribution in [3.05, 3.63) is 46.8 Å². The molecule has 0 heterocycles. The van der Waals surface area contributed by atoms with Crippen LogP contribution in [0.2, 0.25) is 0 Å². The minimum Gasteiger partial charge on any atom is -0.309 e. The predicted molar refractivity (Wildman–Crippen MR) is 62.3 cm³/mol. The van der Waals surface area contributed by atoms with Crippen LogP contribution >= 0.6 is 0 Å². The third kappa shape index (κ3) is 3.48. The zero-order chi connectivity index (χ0) is 12.0. The highest BCUT2D eigenvalue weighted by Crippen LogP contribution is 2.11. The van der Waals surface area contributed by atoms with Crippen LogP contribution < -0.4 is 5.32 Å². The average molecular weight is 218 g/mol. The third-order valence-corrected chi connectivity index (χ3v) is 2.17. The molecule has 0 saturated carbocycles. The first-order valence-corrected chi connectivity index (χ1v) is 5.16. The van der Waals surface area contributed by atoms with Crippen molar-refractivity contribution >= 4 is 0 Å². The Labute approximate surface area is 95.4 Å². The van der Waals surface area contributed by atoms with Crippen molar-refractivity contribution in [2.24, 2.45) is 0 Å². The number of rotatable bonds is 4. The van der Waals surface area contributed by atoms with E-state index in [0.29, 0.717) is 18.7 Å². The van der Waals surface area contributed by atoms with Crippen LogP contribution in [-0.4, -0.2) is 6.54 Å².